The van der Waals surface area contributed by atoms with Crippen LogP contribution in [0.1, 0.15) is 55.0 Å². The molecule has 2 aromatic rings. The second kappa shape index (κ2) is 7.71. The lowest BCUT2D eigenvalue weighted by Crippen LogP contribution is -2.38. The number of fused-ring (bicyclic) bond motifs is 2. The van der Waals surface area contributed by atoms with E-state index in [2.05, 4.69) is 10.4 Å². The number of hydrogen-bond acceptors (Lipinski definition) is 6. The van der Waals surface area contributed by atoms with Crippen molar-refractivity contribution in [3.63, 3.8) is 0 Å². The minimum Gasteiger partial charge on any atom is -0.423 e. The fraction of sp³-hybridized carbons (Fsp3) is 0.474. The van der Waals surface area contributed by atoms with Crippen molar-refractivity contribution in [3.05, 3.63) is 34.5 Å². The molecular weight excluding hydrogens is 407 g/mol. The van der Waals surface area contributed by atoms with E-state index in [4.69, 9.17) is 0 Å². The van der Waals surface area contributed by atoms with Gasteiger partial charge < -0.3 is 15.4 Å². The fourth-order valence-corrected chi connectivity index (χ4v) is 5.37. The van der Waals surface area contributed by atoms with Gasteiger partial charge in [0.05, 0.1) is 0 Å². The van der Waals surface area contributed by atoms with Gasteiger partial charge in [0.15, 0.2) is 5.03 Å². The summed E-state index contributed by atoms with van der Waals surface area (Å²) in [5.41, 5.74) is 4.64. The van der Waals surface area contributed by atoms with Gasteiger partial charge in [-0.15, -0.1) is 0 Å². The average Bonchev–Trinajstić information content (AvgIpc) is 3.40. The van der Waals surface area contributed by atoms with Crippen molar-refractivity contribution in [2.45, 2.75) is 63.4 Å². The van der Waals surface area contributed by atoms with E-state index in [-0.39, 0.29) is 11.1 Å². The molecule has 2 aliphatic carbocycles. The number of urea groups is 1. The number of sulfonamides is 1. The molecule has 160 valence electrons. The second-order valence-corrected chi connectivity index (χ2v) is 9.70. The van der Waals surface area contributed by atoms with Gasteiger partial charge in [-0.05, 0) is 86.2 Å². The molecule has 11 heteroatoms. The highest BCUT2D eigenvalue weighted by atomic mass is 32.2. The summed E-state index contributed by atoms with van der Waals surface area (Å²) in [7, 11) is -5.67. The molecule has 4 rings (SSSR count). The van der Waals surface area contributed by atoms with Gasteiger partial charge in [0.2, 0.25) is 0 Å². The Bertz CT molecular complexity index is 1080. The molecule has 9 nitrogen and oxygen atoms in total. The number of hydrogen-bond donors (Lipinski definition) is 4. The van der Waals surface area contributed by atoms with Gasteiger partial charge in [-0.3, -0.25) is 4.68 Å². The molecule has 0 saturated carbocycles. The molecule has 4 N–H and O–H groups in total. The number of rotatable bonds is 5. The van der Waals surface area contributed by atoms with Crippen molar-refractivity contribution < 1.29 is 23.3 Å². The largest absolute Gasteiger partial charge is 0.489 e. The summed E-state index contributed by atoms with van der Waals surface area (Å²) in [6.45, 7) is 3.75. The Hall–Kier alpha value is -2.37. The first-order valence-electron chi connectivity index (χ1n) is 10.1. The molecule has 1 aromatic heterocycles. The summed E-state index contributed by atoms with van der Waals surface area (Å²) in [5, 5.41) is 26.4. The summed E-state index contributed by atoms with van der Waals surface area (Å²) < 4.78 is 28.7. The number of amides is 2. The Morgan fingerprint density at radius 2 is 1.67 bits per heavy atom. The summed E-state index contributed by atoms with van der Waals surface area (Å²) >= 11 is 0. The van der Waals surface area contributed by atoms with Crippen LogP contribution in [0.3, 0.4) is 0 Å². The molecule has 0 fully saturated rings. The van der Waals surface area contributed by atoms with Gasteiger partial charge in [0, 0.05) is 17.9 Å². The number of nitrogens with zero attached hydrogens (tertiary/aromatic N) is 2. The minimum atomic E-state index is -4.12. The van der Waals surface area contributed by atoms with E-state index in [1.165, 1.54) is 10.7 Å². The number of benzene rings is 1. The molecule has 0 spiro atoms. The summed E-state index contributed by atoms with van der Waals surface area (Å²) in [4.78, 5) is 12.6. The van der Waals surface area contributed by atoms with Crippen molar-refractivity contribution in [1.29, 1.82) is 0 Å². The van der Waals surface area contributed by atoms with Crippen molar-refractivity contribution in [2.75, 3.05) is 5.32 Å². The number of aromatic nitrogens is 2. The van der Waals surface area contributed by atoms with Crippen LogP contribution in [0, 0.1) is 0 Å². The molecule has 2 aliphatic rings. The second-order valence-electron chi connectivity index (χ2n) is 8.07. The number of carbonyl (C=O) groups excluding carboxylic acids is 1. The van der Waals surface area contributed by atoms with Crippen LogP contribution in [0.25, 0.3) is 0 Å². The zero-order valence-corrected chi connectivity index (χ0v) is 17.8. The highest BCUT2D eigenvalue weighted by Crippen LogP contribution is 2.37. The van der Waals surface area contributed by atoms with Crippen molar-refractivity contribution in [1.82, 2.24) is 14.5 Å². The molecule has 1 aromatic carbocycles. The third-order valence-corrected chi connectivity index (χ3v) is 7.02. The molecule has 0 bridgehead atoms. The molecule has 0 unspecified atom stereocenters. The first-order chi connectivity index (χ1) is 14.2. The Kier molecular flexibility index (Phi) is 5.37. The topological polar surface area (TPSA) is 134 Å². The Balaban J connectivity index is 1.63. The summed E-state index contributed by atoms with van der Waals surface area (Å²) in [6.07, 6.45) is 6.05. The van der Waals surface area contributed by atoms with Crippen LogP contribution in [0.15, 0.2) is 17.3 Å². The smallest absolute Gasteiger partial charge is 0.423 e. The molecular formula is C19H25BN4O5S. The molecule has 0 saturated heterocycles. The number of nitrogens with one attached hydrogen (secondary N) is 2. The molecule has 0 aliphatic heterocycles. The molecule has 2 amide bonds. The highest BCUT2D eigenvalue weighted by Gasteiger charge is 2.33. The van der Waals surface area contributed by atoms with Crippen molar-refractivity contribution >= 4 is 34.3 Å². The zero-order chi connectivity index (χ0) is 21.6. The van der Waals surface area contributed by atoms with Crippen LogP contribution in [0.2, 0.25) is 0 Å². The lowest BCUT2D eigenvalue weighted by molar-refractivity contribution is 0.256. The maximum Gasteiger partial charge on any atom is 0.489 e. The van der Waals surface area contributed by atoms with Crippen LogP contribution >= 0.6 is 0 Å². The van der Waals surface area contributed by atoms with Crippen LogP contribution in [0.5, 0.6) is 0 Å². The first kappa shape index (κ1) is 20.9. The third kappa shape index (κ3) is 3.61. The lowest BCUT2D eigenvalue weighted by atomic mass is 9.71. The van der Waals surface area contributed by atoms with Crippen molar-refractivity contribution in [3.8, 4) is 0 Å². The van der Waals surface area contributed by atoms with Crippen LogP contribution < -0.4 is 15.5 Å². The van der Waals surface area contributed by atoms with Gasteiger partial charge in [-0.2, -0.15) is 13.5 Å². The standard InChI is InChI=1S/C19H25BN4O5S/c1-11(2)24-10-9-16(22-24)30(28,29)23-19(25)21-18-14-7-3-5-12(14)17(20(26)27)13-6-4-8-15(13)18/h9-11,26-27H,3-8H2,1-2H3,(H2,21,23,25). The normalized spacial score (nSPS) is 15.2. The molecule has 1 heterocycles. The third-order valence-electron chi connectivity index (χ3n) is 5.80. The Morgan fingerprint density at radius 3 is 2.17 bits per heavy atom. The number of anilines is 1. The van der Waals surface area contributed by atoms with Crippen LogP contribution in [0.4, 0.5) is 10.5 Å². The SMILES string of the molecule is CC(C)n1ccc(S(=O)(=O)NC(=O)Nc2c3c(c(B(O)O)c4c2CCC4)CCC3)n1. The quantitative estimate of drug-likeness (QED) is 0.513. The van der Waals surface area contributed by atoms with Crippen molar-refractivity contribution in [2.24, 2.45) is 0 Å². The monoisotopic (exact) mass is 432 g/mol. The van der Waals surface area contributed by atoms with Gasteiger partial charge in [-0.25, -0.2) is 9.52 Å². The van der Waals surface area contributed by atoms with Gasteiger partial charge >= 0.3 is 13.1 Å². The van der Waals surface area contributed by atoms with Gasteiger partial charge in [0.1, 0.15) is 0 Å². The molecule has 0 radical (unpaired) electrons. The van der Waals surface area contributed by atoms with E-state index in [0.717, 1.165) is 35.1 Å². The maximum atomic E-state index is 12.6. The van der Waals surface area contributed by atoms with E-state index >= 15 is 0 Å². The van der Waals surface area contributed by atoms with E-state index in [1.54, 1.807) is 6.20 Å². The van der Waals surface area contributed by atoms with Gasteiger partial charge in [0.25, 0.3) is 10.0 Å². The first-order valence-corrected chi connectivity index (χ1v) is 11.6. The van der Waals surface area contributed by atoms with E-state index in [9.17, 15) is 23.3 Å². The Morgan fingerprint density at radius 1 is 1.10 bits per heavy atom. The van der Waals surface area contributed by atoms with Crippen LogP contribution in [-0.2, 0) is 35.7 Å². The van der Waals surface area contributed by atoms with E-state index in [0.29, 0.717) is 36.8 Å². The number of carbonyl (C=O) groups is 1. The highest BCUT2D eigenvalue weighted by molar-refractivity contribution is 7.90. The lowest BCUT2D eigenvalue weighted by Gasteiger charge is -2.20. The van der Waals surface area contributed by atoms with Gasteiger partial charge in [-0.1, -0.05) is 0 Å². The minimum absolute atomic E-state index is 0.00616. The predicted octanol–water partition coefficient (Wildman–Crippen LogP) is 0.632. The maximum absolute atomic E-state index is 12.6. The van der Waals surface area contributed by atoms with E-state index < -0.39 is 23.2 Å². The predicted molar refractivity (Wildman–Crippen MR) is 112 cm³/mol. The molecule has 30 heavy (non-hydrogen) atoms. The summed E-state index contributed by atoms with van der Waals surface area (Å²) in [5.74, 6) is 0. The molecule has 0 atom stereocenters. The zero-order valence-electron chi connectivity index (χ0n) is 17.0. The van der Waals surface area contributed by atoms with E-state index in [1.807, 2.05) is 18.6 Å². The van der Waals surface area contributed by atoms with Crippen LogP contribution in [-0.4, -0.2) is 41.4 Å². The average molecular weight is 432 g/mol. The Labute approximate surface area is 175 Å². The summed E-state index contributed by atoms with van der Waals surface area (Å²) in [6, 6.07) is 0.491. The fourth-order valence-electron chi connectivity index (χ4n) is 4.53.